The number of nitrogens with one attached hydrogen (secondary N) is 1. The maximum Gasteiger partial charge on any atom is 0.410 e. The number of fused-ring (bicyclic) bond motifs is 2. The molecule has 0 bridgehead atoms. The minimum absolute atomic E-state index is 0.0778. The first kappa shape index (κ1) is 25.2. The van der Waals surface area contributed by atoms with Gasteiger partial charge in [-0.1, -0.05) is 18.2 Å². The summed E-state index contributed by atoms with van der Waals surface area (Å²) >= 11 is 0. The molecule has 6 rings (SSSR count). The van der Waals surface area contributed by atoms with E-state index < -0.39 is 35.9 Å². The lowest BCUT2D eigenvalue weighted by Crippen LogP contribution is -2.41. The van der Waals surface area contributed by atoms with Crippen LogP contribution in [-0.4, -0.2) is 48.7 Å². The standard InChI is InChI=1S/C28H27F2N5O4/c29-20-6-1-4-17(23(20)30)18-8-9-22(24-19(25(18)36)5-2-12-31-24)39-28(38)34-14-10-16(11-15-34)35-21-7-3-13-32-26(21)33-27(35)37/h1-7,12-13,16,18,22,25,36H,8-11,14-15H2,(H,32,33,37)/t18-,22-,25+/m1/s1. The number of carbonyl (C=O) groups excluding carboxylic acids is 1. The number of carbonyl (C=O) groups is 1. The normalized spacial score (nSPS) is 21.9. The highest BCUT2D eigenvalue weighted by atomic mass is 19.2. The number of aliphatic hydroxyl groups excluding tert-OH is 1. The summed E-state index contributed by atoms with van der Waals surface area (Å²) in [5, 5.41) is 11.2. The molecule has 202 valence electrons. The van der Waals surface area contributed by atoms with Crippen LogP contribution in [0.3, 0.4) is 0 Å². The van der Waals surface area contributed by atoms with Crippen LogP contribution in [-0.2, 0) is 4.74 Å². The average Bonchev–Trinajstić information content (AvgIpc) is 3.23. The number of halogens is 2. The van der Waals surface area contributed by atoms with Crippen LogP contribution in [0.4, 0.5) is 13.6 Å². The molecule has 2 N–H and O–H groups in total. The number of benzene rings is 1. The summed E-state index contributed by atoms with van der Waals surface area (Å²) in [6, 6.07) is 10.8. The van der Waals surface area contributed by atoms with Gasteiger partial charge in [0.25, 0.3) is 0 Å². The number of rotatable bonds is 3. The third-order valence-electron chi connectivity index (χ3n) is 7.82. The molecule has 0 unspecified atom stereocenters. The second kappa shape index (κ2) is 10.2. The van der Waals surface area contributed by atoms with E-state index in [1.165, 1.54) is 12.1 Å². The zero-order valence-electron chi connectivity index (χ0n) is 21.0. The second-order valence-electron chi connectivity index (χ2n) is 10.0. The van der Waals surface area contributed by atoms with Crippen LogP contribution in [0.5, 0.6) is 0 Å². The van der Waals surface area contributed by atoms with Gasteiger partial charge < -0.3 is 14.7 Å². The van der Waals surface area contributed by atoms with Gasteiger partial charge in [0.1, 0.15) is 6.10 Å². The molecule has 9 nitrogen and oxygen atoms in total. The lowest BCUT2D eigenvalue weighted by atomic mass is 9.87. The number of ether oxygens (including phenoxy) is 1. The molecule has 0 radical (unpaired) electrons. The van der Waals surface area contributed by atoms with Crippen molar-refractivity contribution in [1.82, 2.24) is 24.4 Å². The number of H-pyrrole nitrogens is 1. The van der Waals surface area contributed by atoms with Gasteiger partial charge in [-0.2, -0.15) is 0 Å². The third kappa shape index (κ3) is 4.56. The van der Waals surface area contributed by atoms with E-state index in [-0.39, 0.29) is 30.1 Å². The summed E-state index contributed by atoms with van der Waals surface area (Å²) in [6.45, 7) is 0.787. The quantitative estimate of drug-likeness (QED) is 0.373. The number of imidazole rings is 1. The molecular weight excluding hydrogens is 508 g/mol. The van der Waals surface area contributed by atoms with Crippen molar-refractivity contribution in [1.29, 1.82) is 0 Å². The lowest BCUT2D eigenvalue weighted by molar-refractivity contribution is 0.0471. The average molecular weight is 536 g/mol. The number of hydrogen-bond donors (Lipinski definition) is 2. The van der Waals surface area contributed by atoms with E-state index in [9.17, 15) is 23.5 Å². The predicted octanol–water partition coefficient (Wildman–Crippen LogP) is 4.52. The molecule has 0 saturated carbocycles. The second-order valence-corrected chi connectivity index (χ2v) is 10.0. The molecule has 4 aromatic rings. The van der Waals surface area contributed by atoms with Gasteiger partial charge in [-0.3, -0.25) is 14.5 Å². The molecule has 0 spiro atoms. The molecule has 1 aromatic carbocycles. The molecule has 3 aromatic heterocycles. The van der Waals surface area contributed by atoms with E-state index in [0.29, 0.717) is 42.8 Å². The van der Waals surface area contributed by atoms with Gasteiger partial charge in [0, 0.05) is 43.0 Å². The predicted molar refractivity (Wildman–Crippen MR) is 137 cm³/mol. The van der Waals surface area contributed by atoms with E-state index in [1.54, 1.807) is 40.1 Å². The van der Waals surface area contributed by atoms with Crippen LogP contribution >= 0.6 is 0 Å². The van der Waals surface area contributed by atoms with E-state index in [4.69, 9.17) is 4.74 Å². The molecule has 3 atom stereocenters. The van der Waals surface area contributed by atoms with Gasteiger partial charge in [-0.05, 0) is 55.5 Å². The number of likely N-dealkylation sites (tertiary alicyclic amines) is 1. The maximum absolute atomic E-state index is 14.6. The van der Waals surface area contributed by atoms with Gasteiger partial charge in [-0.25, -0.2) is 23.4 Å². The Bertz CT molecular complexity index is 1580. The minimum Gasteiger partial charge on any atom is -0.440 e. The monoisotopic (exact) mass is 535 g/mol. The highest BCUT2D eigenvalue weighted by Gasteiger charge is 2.37. The van der Waals surface area contributed by atoms with Crippen molar-refractivity contribution in [2.45, 2.75) is 49.9 Å². The van der Waals surface area contributed by atoms with E-state index in [0.717, 1.165) is 11.6 Å². The summed E-state index contributed by atoms with van der Waals surface area (Å²) in [4.78, 5) is 38.7. The fraction of sp³-hybridized carbons (Fsp3) is 0.357. The van der Waals surface area contributed by atoms with Crippen molar-refractivity contribution in [3.8, 4) is 0 Å². The van der Waals surface area contributed by atoms with Crippen LogP contribution in [0.1, 0.15) is 66.7 Å². The summed E-state index contributed by atoms with van der Waals surface area (Å²) in [5.41, 5.74) is 1.94. The number of aliphatic hydroxyl groups is 1. The molecule has 39 heavy (non-hydrogen) atoms. The molecule has 1 aliphatic heterocycles. The SMILES string of the molecule is O=C(O[C@@H]1CC[C@H](c2cccc(F)c2F)[C@H](O)c2cccnc21)N1CCC(n2c(=O)[nH]c3ncccc32)CC1. The van der Waals surface area contributed by atoms with Crippen LogP contribution in [0.2, 0.25) is 0 Å². The first-order valence-corrected chi connectivity index (χ1v) is 13.0. The topological polar surface area (TPSA) is 113 Å². The Hall–Kier alpha value is -4.12. The van der Waals surface area contributed by atoms with E-state index in [1.807, 2.05) is 6.07 Å². The Balaban J connectivity index is 1.18. The Labute approximate surface area is 222 Å². The van der Waals surface area contributed by atoms with Crippen LogP contribution in [0.15, 0.2) is 59.7 Å². The summed E-state index contributed by atoms with van der Waals surface area (Å²) in [5.74, 6) is -2.70. The number of hydrogen-bond acceptors (Lipinski definition) is 6. The minimum atomic E-state index is -1.14. The molecule has 1 aliphatic carbocycles. The highest BCUT2D eigenvalue weighted by molar-refractivity contribution is 5.70. The summed E-state index contributed by atoms with van der Waals surface area (Å²) < 4.78 is 36.2. The van der Waals surface area contributed by atoms with E-state index in [2.05, 4.69) is 15.0 Å². The van der Waals surface area contributed by atoms with Crippen LogP contribution in [0, 0.1) is 11.6 Å². The fourth-order valence-electron chi connectivity index (χ4n) is 5.86. The number of pyridine rings is 2. The zero-order valence-corrected chi connectivity index (χ0v) is 21.0. The number of aromatic nitrogens is 4. The molecule has 11 heteroatoms. The zero-order chi connectivity index (χ0) is 27.1. The Morgan fingerprint density at radius 3 is 2.54 bits per heavy atom. The fourth-order valence-corrected chi connectivity index (χ4v) is 5.86. The highest BCUT2D eigenvalue weighted by Crippen LogP contribution is 2.44. The van der Waals surface area contributed by atoms with Crippen molar-refractivity contribution in [3.05, 3.63) is 93.8 Å². The van der Waals surface area contributed by atoms with Crippen molar-refractivity contribution >= 4 is 17.3 Å². The van der Waals surface area contributed by atoms with Gasteiger partial charge in [0.05, 0.1) is 17.3 Å². The van der Waals surface area contributed by atoms with Crippen molar-refractivity contribution in [2.75, 3.05) is 13.1 Å². The van der Waals surface area contributed by atoms with Crippen molar-refractivity contribution in [3.63, 3.8) is 0 Å². The Kier molecular flexibility index (Phi) is 6.59. The van der Waals surface area contributed by atoms with Gasteiger partial charge >= 0.3 is 11.8 Å². The van der Waals surface area contributed by atoms with Gasteiger partial charge in [0.2, 0.25) is 0 Å². The van der Waals surface area contributed by atoms with Gasteiger partial charge in [-0.15, -0.1) is 0 Å². The number of nitrogens with zero attached hydrogens (tertiary/aromatic N) is 4. The molecular formula is C28H27F2N5O4. The molecule has 1 fully saturated rings. The van der Waals surface area contributed by atoms with Gasteiger partial charge in [0.15, 0.2) is 17.3 Å². The third-order valence-corrected chi connectivity index (χ3v) is 7.82. The van der Waals surface area contributed by atoms with Crippen LogP contribution < -0.4 is 5.69 Å². The lowest BCUT2D eigenvalue weighted by Gasteiger charge is -2.33. The van der Waals surface area contributed by atoms with Crippen molar-refractivity contribution < 1.29 is 23.4 Å². The Morgan fingerprint density at radius 2 is 1.72 bits per heavy atom. The molecule has 4 heterocycles. The largest absolute Gasteiger partial charge is 0.440 e. The first-order valence-electron chi connectivity index (χ1n) is 13.0. The van der Waals surface area contributed by atoms with E-state index >= 15 is 0 Å². The molecule has 1 amide bonds. The number of amides is 1. The number of piperidine rings is 1. The Morgan fingerprint density at radius 1 is 0.974 bits per heavy atom. The number of aromatic amines is 1. The van der Waals surface area contributed by atoms with Crippen LogP contribution in [0.25, 0.3) is 11.2 Å². The first-order chi connectivity index (χ1) is 18.9. The molecule has 2 aliphatic rings. The van der Waals surface area contributed by atoms with Crippen molar-refractivity contribution in [2.24, 2.45) is 0 Å². The summed E-state index contributed by atoms with van der Waals surface area (Å²) in [6.07, 6.45) is 2.42. The molecule has 1 saturated heterocycles. The maximum atomic E-state index is 14.6. The smallest absolute Gasteiger partial charge is 0.410 e. The summed E-state index contributed by atoms with van der Waals surface area (Å²) in [7, 11) is 0.